The Hall–Kier alpha value is -1.51. The van der Waals surface area contributed by atoms with E-state index in [2.05, 4.69) is 26.1 Å². The largest absolute Gasteiger partial charge is 0.465 e. The highest BCUT2D eigenvalue weighted by atomic mass is 16.5. The Morgan fingerprint density at radius 3 is 2.71 bits per heavy atom. The molecule has 3 rings (SSSR count). The summed E-state index contributed by atoms with van der Waals surface area (Å²) in [5.41, 5.74) is 2.29. The number of ether oxygens (including phenoxy) is 1. The maximum Gasteiger partial charge on any atom is 0.337 e. The van der Waals surface area contributed by atoms with Gasteiger partial charge in [0.25, 0.3) is 0 Å². The maximum atomic E-state index is 11.7. The first-order valence-corrected chi connectivity index (χ1v) is 7.82. The Labute approximate surface area is 127 Å². The third-order valence-corrected chi connectivity index (χ3v) is 5.86. The third kappa shape index (κ3) is 2.23. The quantitative estimate of drug-likeness (QED) is 0.851. The number of nitrogens with one attached hydrogen (secondary N) is 1. The van der Waals surface area contributed by atoms with E-state index in [1.54, 1.807) is 6.07 Å². The molecular weight excluding hydrogens is 262 g/mol. The summed E-state index contributed by atoms with van der Waals surface area (Å²) in [6.07, 6.45) is 3.97. The second-order valence-electron chi connectivity index (χ2n) is 7.56. The fourth-order valence-corrected chi connectivity index (χ4v) is 4.68. The van der Waals surface area contributed by atoms with Crippen molar-refractivity contribution < 1.29 is 9.53 Å². The van der Waals surface area contributed by atoms with Gasteiger partial charge in [0.1, 0.15) is 0 Å². The predicted molar refractivity (Wildman–Crippen MR) is 84.4 cm³/mol. The van der Waals surface area contributed by atoms with Gasteiger partial charge >= 0.3 is 5.97 Å². The van der Waals surface area contributed by atoms with Crippen molar-refractivity contribution >= 4 is 11.7 Å². The molecule has 3 heteroatoms. The highest BCUT2D eigenvalue weighted by Crippen LogP contribution is 2.63. The van der Waals surface area contributed by atoms with Gasteiger partial charge in [-0.25, -0.2) is 4.79 Å². The zero-order chi connectivity index (χ0) is 15.3. The molecule has 0 radical (unpaired) electrons. The van der Waals surface area contributed by atoms with Crippen LogP contribution in [-0.4, -0.2) is 19.1 Å². The lowest BCUT2D eigenvalue weighted by Crippen LogP contribution is -2.45. The Bertz CT molecular complexity index is 561. The van der Waals surface area contributed by atoms with Gasteiger partial charge in [-0.15, -0.1) is 0 Å². The summed E-state index contributed by atoms with van der Waals surface area (Å²) in [5, 5.41) is 3.71. The van der Waals surface area contributed by atoms with Crippen molar-refractivity contribution in [3.05, 3.63) is 29.8 Å². The van der Waals surface area contributed by atoms with E-state index in [4.69, 9.17) is 4.74 Å². The summed E-state index contributed by atoms with van der Waals surface area (Å²) < 4.78 is 4.80. The average molecular weight is 287 g/mol. The zero-order valence-corrected chi connectivity index (χ0v) is 13.4. The first-order valence-electron chi connectivity index (χ1n) is 7.82. The minimum Gasteiger partial charge on any atom is -0.465 e. The van der Waals surface area contributed by atoms with Crippen LogP contribution in [0, 0.1) is 16.7 Å². The summed E-state index contributed by atoms with van der Waals surface area (Å²) in [7, 11) is 1.42. The summed E-state index contributed by atoms with van der Waals surface area (Å²) in [5.74, 6) is 0.529. The number of benzene rings is 1. The lowest BCUT2D eigenvalue weighted by atomic mass is 9.68. The van der Waals surface area contributed by atoms with Gasteiger partial charge in [0.05, 0.1) is 12.7 Å². The van der Waals surface area contributed by atoms with Crippen LogP contribution in [-0.2, 0) is 4.74 Å². The summed E-state index contributed by atoms with van der Waals surface area (Å²) >= 11 is 0. The SMILES string of the molecule is COC(=O)c1cccc(NC2C3(C)CCC(C3)C2(C)C)c1. The maximum absolute atomic E-state index is 11.7. The number of fused-ring (bicyclic) bond motifs is 2. The number of hydrogen-bond acceptors (Lipinski definition) is 3. The molecule has 0 aliphatic heterocycles. The van der Waals surface area contributed by atoms with Crippen LogP contribution in [0.3, 0.4) is 0 Å². The van der Waals surface area contributed by atoms with Crippen LogP contribution >= 0.6 is 0 Å². The number of methoxy groups -OCH3 is 1. The zero-order valence-electron chi connectivity index (χ0n) is 13.4. The highest BCUT2D eigenvalue weighted by Gasteiger charge is 2.59. The van der Waals surface area contributed by atoms with Crippen molar-refractivity contribution in [1.82, 2.24) is 0 Å². The van der Waals surface area contributed by atoms with Crippen molar-refractivity contribution in [2.24, 2.45) is 16.7 Å². The van der Waals surface area contributed by atoms with E-state index in [0.29, 0.717) is 22.4 Å². The molecular formula is C18H25NO2. The number of carbonyl (C=O) groups excluding carboxylic acids is 1. The van der Waals surface area contributed by atoms with Gasteiger partial charge in [0.2, 0.25) is 0 Å². The van der Waals surface area contributed by atoms with Crippen molar-refractivity contribution in [2.75, 3.05) is 12.4 Å². The topological polar surface area (TPSA) is 38.3 Å². The molecule has 0 saturated heterocycles. The minimum absolute atomic E-state index is 0.280. The molecule has 2 saturated carbocycles. The molecule has 2 fully saturated rings. The molecule has 1 aromatic rings. The van der Waals surface area contributed by atoms with Crippen molar-refractivity contribution in [2.45, 2.75) is 46.1 Å². The Balaban J connectivity index is 1.85. The molecule has 2 bridgehead atoms. The fraction of sp³-hybridized carbons (Fsp3) is 0.611. The van der Waals surface area contributed by atoms with Crippen LogP contribution < -0.4 is 5.32 Å². The van der Waals surface area contributed by atoms with Gasteiger partial charge in [-0.3, -0.25) is 0 Å². The van der Waals surface area contributed by atoms with Gasteiger partial charge < -0.3 is 10.1 Å². The molecule has 0 heterocycles. The molecule has 2 aliphatic rings. The number of carbonyl (C=O) groups is 1. The van der Waals surface area contributed by atoms with Crippen LogP contribution in [0.1, 0.15) is 50.4 Å². The molecule has 0 aromatic heterocycles. The summed E-state index contributed by atoms with van der Waals surface area (Å²) in [6, 6.07) is 8.10. The molecule has 2 aliphatic carbocycles. The molecule has 1 aromatic carbocycles. The van der Waals surface area contributed by atoms with Crippen molar-refractivity contribution in [1.29, 1.82) is 0 Å². The van der Waals surface area contributed by atoms with Gasteiger partial charge in [-0.1, -0.05) is 26.8 Å². The van der Waals surface area contributed by atoms with Crippen LogP contribution in [0.25, 0.3) is 0 Å². The number of hydrogen-bond donors (Lipinski definition) is 1. The standard InChI is InChI=1S/C18H25NO2/c1-17(2)13-8-9-18(3,11-13)16(17)19-14-7-5-6-12(10-14)15(20)21-4/h5-7,10,13,16,19H,8-9,11H2,1-4H3. The van der Waals surface area contributed by atoms with E-state index in [9.17, 15) is 4.79 Å². The van der Waals surface area contributed by atoms with Crippen molar-refractivity contribution in [3.8, 4) is 0 Å². The molecule has 21 heavy (non-hydrogen) atoms. The van der Waals surface area contributed by atoms with Crippen LogP contribution in [0.2, 0.25) is 0 Å². The first-order chi connectivity index (χ1) is 9.87. The minimum atomic E-state index is -0.280. The van der Waals surface area contributed by atoms with E-state index in [-0.39, 0.29) is 5.97 Å². The molecule has 114 valence electrons. The van der Waals surface area contributed by atoms with E-state index >= 15 is 0 Å². The second-order valence-corrected chi connectivity index (χ2v) is 7.56. The molecule has 3 unspecified atom stereocenters. The smallest absolute Gasteiger partial charge is 0.337 e. The first kappa shape index (κ1) is 14.4. The molecule has 3 nitrogen and oxygen atoms in total. The molecule has 0 amide bonds. The Kier molecular flexibility index (Phi) is 3.27. The molecule has 3 atom stereocenters. The van der Waals surface area contributed by atoms with Crippen molar-refractivity contribution in [3.63, 3.8) is 0 Å². The third-order valence-electron chi connectivity index (χ3n) is 5.86. The van der Waals surface area contributed by atoms with Crippen LogP contribution in [0.5, 0.6) is 0 Å². The average Bonchev–Trinajstić information content (AvgIpc) is 2.94. The molecule has 1 N–H and O–H groups in total. The Morgan fingerprint density at radius 1 is 1.33 bits per heavy atom. The van der Waals surface area contributed by atoms with Gasteiger partial charge in [-0.05, 0) is 54.2 Å². The summed E-state index contributed by atoms with van der Waals surface area (Å²) in [4.78, 5) is 11.7. The van der Waals surface area contributed by atoms with E-state index in [1.165, 1.54) is 26.4 Å². The Morgan fingerprint density at radius 2 is 2.10 bits per heavy atom. The predicted octanol–water partition coefficient (Wildman–Crippen LogP) is 4.10. The van der Waals surface area contributed by atoms with Gasteiger partial charge in [0.15, 0.2) is 0 Å². The van der Waals surface area contributed by atoms with Crippen LogP contribution in [0.4, 0.5) is 5.69 Å². The van der Waals surface area contributed by atoms with Gasteiger partial charge in [0, 0.05) is 11.7 Å². The lowest BCUT2D eigenvalue weighted by molar-refractivity contribution is 0.0601. The summed E-state index contributed by atoms with van der Waals surface area (Å²) in [6.45, 7) is 7.16. The van der Waals surface area contributed by atoms with E-state index in [0.717, 1.165) is 11.6 Å². The lowest BCUT2D eigenvalue weighted by Gasteiger charge is -2.43. The number of anilines is 1. The van der Waals surface area contributed by atoms with E-state index in [1.807, 2.05) is 18.2 Å². The number of esters is 1. The van der Waals surface area contributed by atoms with Crippen LogP contribution in [0.15, 0.2) is 24.3 Å². The fourth-order valence-electron chi connectivity index (χ4n) is 4.68. The van der Waals surface area contributed by atoms with Gasteiger partial charge in [-0.2, -0.15) is 0 Å². The number of rotatable bonds is 3. The monoisotopic (exact) mass is 287 g/mol. The second kappa shape index (κ2) is 4.75. The van der Waals surface area contributed by atoms with E-state index < -0.39 is 0 Å². The highest BCUT2D eigenvalue weighted by molar-refractivity contribution is 5.90. The normalized spacial score (nSPS) is 33.0. The molecule has 0 spiro atoms.